The van der Waals surface area contributed by atoms with Crippen molar-refractivity contribution < 1.29 is 13.9 Å². The molecule has 0 aliphatic heterocycles. The van der Waals surface area contributed by atoms with Crippen LogP contribution in [0, 0.1) is 11.4 Å². The summed E-state index contributed by atoms with van der Waals surface area (Å²) in [6.45, 7) is 4.63. The van der Waals surface area contributed by atoms with Crippen molar-refractivity contribution in [2.24, 2.45) is 0 Å². The zero-order chi connectivity index (χ0) is 14.5. The molecule has 0 saturated heterocycles. The SMILES string of the molecule is COCCOCCN(C)c1cc(=S)c2scc(C)c2o1. The van der Waals surface area contributed by atoms with Gasteiger partial charge in [0, 0.05) is 32.3 Å². The number of likely N-dealkylation sites (N-methyl/N-ethyl adjacent to an activating group) is 1. The highest BCUT2D eigenvalue weighted by Crippen LogP contribution is 2.30. The molecule has 20 heavy (non-hydrogen) atoms. The predicted molar refractivity (Wildman–Crippen MR) is 85.6 cm³/mol. The average Bonchev–Trinajstić information content (AvgIpc) is 2.81. The van der Waals surface area contributed by atoms with Gasteiger partial charge < -0.3 is 18.8 Å². The highest BCUT2D eigenvalue weighted by Gasteiger charge is 2.10. The zero-order valence-electron chi connectivity index (χ0n) is 12.0. The number of rotatable bonds is 7. The van der Waals surface area contributed by atoms with Crippen LogP contribution in [-0.4, -0.2) is 40.5 Å². The fourth-order valence-corrected chi connectivity index (χ4v) is 3.01. The number of nitrogens with zero attached hydrogens (tertiary/aromatic N) is 1. The lowest BCUT2D eigenvalue weighted by molar-refractivity contribution is 0.0741. The first-order chi connectivity index (χ1) is 9.63. The molecule has 110 valence electrons. The van der Waals surface area contributed by atoms with Crippen molar-refractivity contribution in [1.29, 1.82) is 0 Å². The van der Waals surface area contributed by atoms with Gasteiger partial charge in [-0.15, -0.1) is 11.3 Å². The van der Waals surface area contributed by atoms with Gasteiger partial charge in [-0.1, -0.05) is 12.2 Å². The Labute approximate surface area is 127 Å². The molecule has 0 saturated carbocycles. The largest absolute Gasteiger partial charge is 0.439 e. The minimum atomic E-state index is 0.608. The van der Waals surface area contributed by atoms with Crippen LogP contribution in [0.25, 0.3) is 10.3 Å². The van der Waals surface area contributed by atoms with Crippen LogP contribution in [0.4, 0.5) is 5.88 Å². The predicted octanol–water partition coefficient (Wildman–Crippen LogP) is 3.63. The first kappa shape index (κ1) is 15.4. The van der Waals surface area contributed by atoms with Gasteiger partial charge in [0.1, 0.15) is 0 Å². The Kier molecular flexibility index (Phi) is 5.54. The second-order valence-corrected chi connectivity index (χ2v) is 5.87. The van der Waals surface area contributed by atoms with Crippen LogP contribution in [0.2, 0.25) is 0 Å². The Bertz CT molecular complexity index is 620. The fourth-order valence-electron chi connectivity index (χ4n) is 1.79. The lowest BCUT2D eigenvalue weighted by atomic mass is 10.3. The van der Waals surface area contributed by atoms with E-state index < -0.39 is 0 Å². The third-order valence-corrected chi connectivity index (χ3v) is 4.55. The van der Waals surface area contributed by atoms with E-state index in [9.17, 15) is 0 Å². The van der Waals surface area contributed by atoms with E-state index in [1.54, 1.807) is 18.4 Å². The van der Waals surface area contributed by atoms with Gasteiger partial charge in [0.25, 0.3) is 0 Å². The van der Waals surface area contributed by atoms with Crippen LogP contribution in [0.3, 0.4) is 0 Å². The third kappa shape index (κ3) is 3.58. The standard InChI is InChI=1S/C14H19NO3S2/c1-10-9-20-14-11(19)8-12(18-13(10)14)15(2)4-5-17-7-6-16-3/h8-9H,4-7H2,1-3H3. The van der Waals surface area contributed by atoms with Gasteiger partial charge in [-0.2, -0.15) is 0 Å². The Balaban J connectivity index is 2.04. The number of hydrogen-bond acceptors (Lipinski definition) is 6. The molecule has 0 aliphatic carbocycles. The molecule has 2 aromatic heterocycles. The maximum atomic E-state index is 5.94. The number of ether oxygens (including phenoxy) is 2. The number of aryl methyl sites for hydroxylation is 1. The van der Waals surface area contributed by atoms with E-state index in [-0.39, 0.29) is 0 Å². The molecule has 0 bridgehead atoms. The van der Waals surface area contributed by atoms with Crippen molar-refractivity contribution in [2.75, 3.05) is 45.4 Å². The summed E-state index contributed by atoms with van der Waals surface area (Å²) in [4.78, 5) is 2.01. The summed E-state index contributed by atoms with van der Waals surface area (Å²) in [5, 5.41) is 2.07. The first-order valence-corrected chi connectivity index (χ1v) is 7.72. The quantitative estimate of drug-likeness (QED) is 0.576. The van der Waals surface area contributed by atoms with Crippen molar-refractivity contribution in [3.05, 3.63) is 21.5 Å². The van der Waals surface area contributed by atoms with E-state index >= 15 is 0 Å². The van der Waals surface area contributed by atoms with Crippen molar-refractivity contribution in [3.63, 3.8) is 0 Å². The maximum Gasteiger partial charge on any atom is 0.197 e. The van der Waals surface area contributed by atoms with E-state index in [0.29, 0.717) is 19.8 Å². The van der Waals surface area contributed by atoms with E-state index in [1.165, 1.54) is 0 Å². The lowest BCUT2D eigenvalue weighted by Gasteiger charge is -2.17. The molecule has 0 unspecified atom stereocenters. The fraction of sp³-hybridized carbons (Fsp3) is 0.500. The molecule has 6 heteroatoms. The van der Waals surface area contributed by atoms with Crippen molar-refractivity contribution in [2.45, 2.75) is 6.92 Å². The number of thiophene rings is 1. The zero-order valence-corrected chi connectivity index (χ0v) is 13.6. The van der Waals surface area contributed by atoms with Crippen LogP contribution in [0.5, 0.6) is 0 Å². The highest BCUT2D eigenvalue weighted by atomic mass is 32.1. The molecule has 2 heterocycles. The summed E-state index contributed by atoms with van der Waals surface area (Å²) in [7, 11) is 3.64. The first-order valence-electron chi connectivity index (χ1n) is 6.43. The van der Waals surface area contributed by atoms with E-state index in [2.05, 4.69) is 5.38 Å². The third-order valence-electron chi connectivity index (χ3n) is 2.98. The van der Waals surface area contributed by atoms with Crippen molar-refractivity contribution in [1.82, 2.24) is 0 Å². The minimum absolute atomic E-state index is 0.608. The number of anilines is 1. The summed E-state index contributed by atoms with van der Waals surface area (Å²) in [5.74, 6) is 0.777. The molecule has 0 N–H and O–H groups in total. The molecule has 4 nitrogen and oxygen atoms in total. The molecule has 0 amide bonds. The summed E-state index contributed by atoms with van der Waals surface area (Å²) >= 11 is 7.05. The van der Waals surface area contributed by atoms with Crippen LogP contribution < -0.4 is 4.90 Å². The monoisotopic (exact) mass is 313 g/mol. The topological polar surface area (TPSA) is 34.8 Å². The Morgan fingerprint density at radius 2 is 2.15 bits per heavy atom. The molecular weight excluding hydrogens is 294 g/mol. The second-order valence-electron chi connectivity index (χ2n) is 4.55. The maximum absolute atomic E-state index is 5.94. The smallest absolute Gasteiger partial charge is 0.197 e. The normalized spacial score (nSPS) is 11.2. The molecule has 2 rings (SSSR count). The van der Waals surface area contributed by atoms with Gasteiger partial charge in [-0.25, -0.2) is 0 Å². The molecule has 0 atom stereocenters. The van der Waals surface area contributed by atoms with Gasteiger partial charge in [-0.3, -0.25) is 0 Å². The Hall–Kier alpha value is -0.950. The molecule has 0 fully saturated rings. The van der Waals surface area contributed by atoms with Crippen molar-refractivity contribution in [3.8, 4) is 0 Å². The summed E-state index contributed by atoms with van der Waals surface area (Å²) in [6.07, 6.45) is 0. The van der Waals surface area contributed by atoms with Crippen LogP contribution in [-0.2, 0) is 9.47 Å². The minimum Gasteiger partial charge on any atom is -0.439 e. The average molecular weight is 313 g/mol. The summed E-state index contributed by atoms with van der Waals surface area (Å²) in [6, 6.07) is 1.91. The number of hydrogen-bond donors (Lipinski definition) is 0. The van der Waals surface area contributed by atoms with E-state index in [4.69, 9.17) is 26.1 Å². The molecular formula is C14H19NO3S2. The Morgan fingerprint density at radius 3 is 2.90 bits per heavy atom. The van der Waals surface area contributed by atoms with E-state index in [0.717, 1.165) is 32.8 Å². The number of fused-ring (bicyclic) bond motifs is 1. The molecule has 0 radical (unpaired) electrons. The lowest BCUT2D eigenvalue weighted by Crippen LogP contribution is -2.23. The molecule has 0 aromatic carbocycles. The van der Waals surface area contributed by atoms with Crippen molar-refractivity contribution >= 4 is 39.7 Å². The second kappa shape index (κ2) is 7.17. The van der Waals surface area contributed by atoms with Gasteiger partial charge in [0.2, 0.25) is 0 Å². The highest BCUT2D eigenvalue weighted by molar-refractivity contribution is 7.72. The Morgan fingerprint density at radius 1 is 1.35 bits per heavy atom. The summed E-state index contributed by atoms with van der Waals surface area (Å²) < 4.78 is 18.2. The molecule has 2 aromatic rings. The van der Waals surface area contributed by atoms with Crippen LogP contribution in [0.1, 0.15) is 5.56 Å². The number of methoxy groups -OCH3 is 1. The van der Waals surface area contributed by atoms with Gasteiger partial charge in [-0.05, 0) is 12.3 Å². The molecule has 0 aliphatic rings. The molecule has 0 spiro atoms. The van der Waals surface area contributed by atoms with Crippen LogP contribution >= 0.6 is 23.6 Å². The van der Waals surface area contributed by atoms with Gasteiger partial charge in [0.05, 0.1) is 29.0 Å². The van der Waals surface area contributed by atoms with Gasteiger partial charge in [0.15, 0.2) is 11.5 Å². The summed E-state index contributed by atoms with van der Waals surface area (Å²) in [5.41, 5.74) is 2.02. The van der Waals surface area contributed by atoms with Gasteiger partial charge >= 0.3 is 0 Å². The van der Waals surface area contributed by atoms with Crippen LogP contribution in [0.15, 0.2) is 15.9 Å². The van der Waals surface area contributed by atoms with E-state index in [1.807, 2.05) is 24.9 Å².